The molecule has 0 unspecified atom stereocenters. The number of hydrogen-bond donors (Lipinski definition) is 2. The number of hydrogen-bond acceptors (Lipinski definition) is 3. The fraction of sp³-hybridized carbons (Fsp3) is 0.438. The van der Waals surface area contributed by atoms with Crippen LogP contribution in [0.25, 0.3) is 0 Å². The second-order valence-electron chi connectivity index (χ2n) is 4.87. The Balaban J connectivity index is 3.08. The van der Waals surface area contributed by atoms with Crippen molar-refractivity contribution in [3.05, 3.63) is 35.1 Å². The Morgan fingerprint density at radius 3 is 2.76 bits per heavy atom. The minimum Gasteiger partial charge on any atom is -0.396 e. The lowest BCUT2D eigenvalue weighted by atomic mass is 10.1. The average molecular weight is 292 g/mol. The summed E-state index contributed by atoms with van der Waals surface area (Å²) in [5.74, 6) is 4.49. The second kappa shape index (κ2) is 8.40. The van der Waals surface area contributed by atoms with Crippen LogP contribution in [0.1, 0.15) is 36.2 Å². The molecule has 1 aromatic rings. The summed E-state index contributed by atoms with van der Waals surface area (Å²) in [4.78, 5) is 14.0. The predicted octanol–water partition coefficient (Wildman–Crippen LogP) is 1.37. The topological polar surface area (TPSA) is 66.6 Å². The van der Waals surface area contributed by atoms with E-state index in [0.29, 0.717) is 18.5 Å². The molecule has 0 atom stereocenters. The summed E-state index contributed by atoms with van der Waals surface area (Å²) in [6.45, 7) is 4.28. The van der Waals surface area contributed by atoms with Crippen molar-refractivity contribution in [3.63, 3.8) is 0 Å². The fourth-order valence-corrected chi connectivity index (χ4v) is 1.91. The van der Waals surface area contributed by atoms with E-state index in [-0.39, 0.29) is 24.8 Å². The molecule has 1 rings (SSSR count). The van der Waals surface area contributed by atoms with E-state index >= 15 is 0 Å². The Morgan fingerprint density at radius 2 is 2.19 bits per heavy atom. The Labute approximate surface area is 124 Å². The highest BCUT2D eigenvalue weighted by Crippen LogP contribution is 2.15. The lowest BCUT2D eigenvalue weighted by molar-refractivity contribution is 0.0688. The van der Waals surface area contributed by atoms with Crippen LogP contribution in [0.5, 0.6) is 0 Å². The predicted molar refractivity (Wildman–Crippen MR) is 80.2 cm³/mol. The molecule has 0 spiro atoms. The normalized spacial score (nSPS) is 10.2. The molecule has 1 aromatic carbocycles. The summed E-state index contributed by atoms with van der Waals surface area (Å²) < 4.78 is 13.9. The molecule has 0 bridgehead atoms. The van der Waals surface area contributed by atoms with Gasteiger partial charge in [-0.05, 0) is 38.5 Å². The van der Waals surface area contributed by atoms with Gasteiger partial charge in [-0.2, -0.15) is 0 Å². The first kappa shape index (κ1) is 17.2. The van der Waals surface area contributed by atoms with Crippen LogP contribution < -0.4 is 5.73 Å². The average Bonchev–Trinajstić information content (AvgIpc) is 2.46. The minimum atomic E-state index is -0.576. The van der Waals surface area contributed by atoms with Crippen LogP contribution in [0.15, 0.2) is 18.2 Å². The number of carbonyl (C=O) groups excluding carboxylic acids is 1. The standard InChI is InChI=1S/C16H21FN2O2/c1-12(2)19(9-4-10-20)16(21)14-11-13(5-3-8-18)6-7-15(14)17/h6-7,11-12,20H,4,8-10,18H2,1-2H3. The van der Waals surface area contributed by atoms with Gasteiger partial charge in [0.15, 0.2) is 0 Å². The van der Waals surface area contributed by atoms with Crippen LogP contribution in [-0.4, -0.2) is 41.7 Å². The van der Waals surface area contributed by atoms with Crippen LogP contribution in [0.3, 0.4) is 0 Å². The van der Waals surface area contributed by atoms with Gasteiger partial charge in [-0.15, -0.1) is 0 Å². The second-order valence-corrected chi connectivity index (χ2v) is 4.87. The molecular formula is C16H21FN2O2. The third-order valence-corrected chi connectivity index (χ3v) is 2.97. The van der Waals surface area contributed by atoms with E-state index in [0.717, 1.165) is 0 Å². The number of amides is 1. The first-order valence-electron chi connectivity index (χ1n) is 6.91. The molecule has 0 heterocycles. The quantitative estimate of drug-likeness (QED) is 0.806. The highest BCUT2D eigenvalue weighted by Gasteiger charge is 2.21. The number of rotatable bonds is 5. The van der Waals surface area contributed by atoms with Gasteiger partial charge in [0.2, 0.25) is 0 Å². The highest BCUT2D eigenvalue weighted by molar-refractivity contribution is 5.95. The van der Waals surface area contributed by atoms with Crippen LogP contribution >= 0.6 is 0 Å². The molecule has 1 amide bonds. The Bertz CT molecular complexity index is 547. The lowest BCUT2D eigenvalue weighted by Crippen LogP contribution is -2.38. The van der Waals surface area contributed by atoms with Crippen molar-refractivity contribution in [1.29, 1.82) is 0 Å². The van der Waals surface area contributed by atoms with Gasteiger partial charge in [0.1, 0.15) is 5.82 Å². The van der Waals surface area contributed by atoms with E-state index < -0.39 is 11.7 Å². The van der Waals surface area contributed by atoms with E-state index in [1.165, 1.54) is 23.1 Å². The zero-order chi connectivity index (χ0) is 15.8. The van der Waals surface area contributed by atoms with Crippen LogP contribution in [0.4, 0.5) is 4.39 Å². The van der Waals surface area contributed by atoms with Gasteiger partial charge in [0, 0.05) is 24.8 Å². The number of aliphatic hydroxyl groups excluding tert-OH is 1. The van der Waals surface area contributed by atoms with E-state index in [1.807, 2.05) is 13.8 Å². The third-order valence-electron chi connectivity index (χ3n) is 2.97. The number of carbonyl (C=O) groups is 1. The molecular weight excluding hydrogens is 271 g/mol. The maximum absolute atomic E-state index is 13.9. The van der Waals surface area contributed by atoms with Crippen LogP contribution in [0.2, 0.25) is 0 Å². The van der Waals surface area contributed by atoms with Gasteiger partial charge in [-0.3, -0.25) is 4.79 Å². The number of benzene rings is 1. The zero-order valence-electron chi connectivity index (χ0n) is 12.4. The molecule has 0 aromatic heterocycles. The Morgan fingerprint density at radius 1 is 1.48 bits per heavy atom. The van der Waals surface area contributed by atoms with Crippen molar-refractivity contribution in [1.82, 2.24) is 4.90 Å². The maximum atomic E-state index is 13.9. The van der Waals surface area contributed by atoms with Gasteiger partial charge in [0.05, 0.1) is 12.1 Å². The van der Waals surface area contributed by atoms with Gasteiger partial charge >= 0.3 is 0 Å². The minimum absolute atomic E-state index is 0.00883. The van der Waals surface area contributed by atoms with Gasteiger partial charge in [0.25, 0.3) is 5.91 Å². The number of halogens is 1. The summed E-state index contributed by atoms with van der Waals surface area (Å²) in [5, 5.41) is 8.90. The number of nitrogens with two attached hydrogens (primary N) is 1. The summed E-state index contributed by atoms with van der Waals surface area (Å²) in [5.41, 5.74) is 5.84. The van der Waals surface area contributed by atoms with E-state index in [9.17, 15) is 9.18 Å². The van der Waals surface area contributed by atoms with Gasteiger partial charge in [-0.1, -0.05) is 11.8 Å². The van der Waals surface area contributed by atoms with E-state index in [4.69, 9.17) is 10.8 Å². The van der Waals surface area contributed by atoms with Crippen molar-refractivity contribution >= 4 is 5.91 Å². The molecule has 0 aliphatic heterocycles. The first-order chi connectivity index (χ1) is 10.0. The summed E-state index contributed by atoms with van der Waals surface area (Å²) in [6, 6.07) is 4.11. The monoisotopic (exact) mass is 292 g/mol. The van der Waals surface area contributed by atoms with Gasteiger partial charge < -0.3 is 15.7 Å². The Kier molecular flexibility index (Phi) is 6.86. The van der Waals surface area contributed by atoms with Crippen molar-refractivity contribution in [2.75, 3.05) is 19.7 Å². The molecule has 114 valence electrons. The number of nitrogens with zero attached hydrogens (tertiary/aromatic N) is 1. The molecule has 0 saturated heterocycles. The Hall–Kier alpha value is -1.90. The maximum Gasteiger partial charge on any atom is 0.257 e. The summed E-state index contributed by atoms with van der Waals surface area (Å²) in [6.07, 6.45) is 0.457. The van der Waals surface area contributed by atoms with E-state index in [1.54, 1.807) is 0 Å². The molecule has 0 radical (unpaired) electrons. The molecule has 3 N–H and O–H groups in total. The molecule has 0 fully saturated rings. The van der Waals surface area contributed by atoms with Crippen molar-refractivity contribution in [2.24, 2.45) is 5.73 Å². The molecule has 4 nitrogen and oxygen atoms in total. The zero-order valence-corrected chi connectivity index (χ0v) is 12.4. The molecule has 21 heavy (non-hydrogen) atoms. The summed E-state index contributed by atoms with van der Waals surface area (Å²) in [7, 11) is 0. The van der Waals surface area contributed by atoms with E-state index in [2.05, 4.69) is 11.8 Å². The van der Waals surface area contributed by atoms with Crippen LogP contribution in [-0.2, 0) is 0 Å². The molecule has 5 heteroatoms. The number of aliphatic hydroxyl groups is 1. The van der Waals surface area contributed by atoms with Crippen molar-refractivity contribution < 1.29 is 14.3 Å². The van der Waals surface area contributed by atoms with Crippen molar-refractivity contribution in [2.45, 2.75) is 26.3 Å². The fourth-order valence-electron chi connectivity index (χ4n) is 1.91. The molecule has 0 aliphatic carbocycles. The van der Waals surface area contributed by atoms with Gasteiger partial charge in [-0.25, -0.2) is 4.39 Å². The highest BCUT2D eigenvalue weighted by atomic mass is 19.1. The summed E-state index contributed by atoms with van der Waals surface area (Å²) >= 11 is 0. The first-order valence-corrected chi connectivity index (χ1v) is 6.91. The van der Waals surface area contributed by atoms with Crippen molar-refractivity contribution in [3.8, 4) is 11.8 Å². The SMILES string of the molecule is CC(C)N(CCCO)C(=O)c1cc(C#CCN)ccc1F. The smallest absolute Gasteiger partial charge is 0.257 e. The third kappa shape index (κ3) is 4.85. The van der Waals surface area contributed by atoms with Crippen LogP contribution in [0, 0.1) is 17.7 Å². The molecule has 0 saturated carbocycles. The lowest BCUT2D eigenvalue weighted by Gasteiger charge is -2.26. The molecule has 0 aliphatic rings. The largest absolute Gasteiger partial charge is 0.396 e.